The summed E-state index contributed by atoms with van der Waals surface area (Å²) in [5.74, 6) is 5.60. The number of amides is 5. The Balaban J connectivity index is 0.887. The molecule has 2 aromatic rings. The lowest BCUT2D eigenvalue weighted by molar-refractivity contribution is -0.136. The first-order valence-corrected chi connectivity index (χ1v) is 16.4. The van der Waals surface area contributed by atoms with Crippen molar-refractivity contribution in [3.05, 3.63) is 47.3 Å². The molecule has 7 aliphatic rings. The van der Waals surface area contributed by atoms with Crippen molar-refractivity contribution in [1.82, 2.24) is 25.3 Å². The minimum Gasteiger partial charge on any atom is -0.369 e. The molecule has 1 aromatic heterocycles. The number of benzene rings is 1. The molecule has 5 amide bonds. The Labute approximate surface area is 271 Å². The summed E-state index contributed by atoms with van der Waals surface area (Å²) in [5.41, 5.74) is 0.815. The number of aromatic nitrogens is 2. The number of carbonyl (C=O) groups excluding carboxylic acids is 5. The number of anilines is 1. The molecule has 4 bridgehead atoms. The molecule has 12 heteroatoms. The maximum atomic E-state index is 13.5. The van der Waals surface area contributed by atoms with Crippen LogP contribution in [0.3, 0.4) is 0 Å². The Morgan fingerprint density at radius 2 is 1.89 bits per heavy atom. The monoisotopic (exact) mass is 633 g/mol. The Hall–Kier alpha value is -4.97. The van der Waals surface area contributed by atoms with Crippen LogP contribution in [0.2, 0.25) is 0 Å². The van der Waals surface area contributed by atoms with Gasteiger partial charge >= 0.3 is 0 Å². The third-order valence-electron chi connectivity index (χ3n) is 11.5. The number of imide groups is 2. The molecule has 4 aliphatic carbocycles. The number of carbonyl (C=O) groups is 5. The lowest BCUT2D eigenvalue weighted by Crippen LogP contribution is -2.54. The van der Waals surface area contributed by atoms with Gasteiger partial charge in [0.2, 0.25) is 17.7 Å². The summed E-state index contributed by atoms with van der Waals surface area (Å²) in [6.45, 7) is 4.98. The second-order valence-corrected chi connectivity index (χ2v) is 14.7. The number of nitriles is 1. The van der Waals surface area contributed by atoms with Crippen molar-refractivity contribution < 1.29 is 24.0 Å². The summed E-state index contributed by atoms with van der Waals surface area (Å²) in [5, 5.41) is 19.9. The second kappa shape index (κ2) is 10.3. The van der Waals surface area contributed by atoms with Crippen LogP contribution in [-0.2, 0) is 19.9 Å². The number of hydrogen-bond acceptors (Lipinski definition) is 8. The fourth-order valence-electron chi connectivity index (χ4n) is 8.96. The van der Waals surface area contributed by atoms with E-state index in [2.05, 4.69) is 38.5 Å². The summed E-state index contributed by atoms with van der Waals surface area (Å²) in [7, 11) is 0. The van der Waals surface area contributed by atoms with Gasteiger partial charge in [-0.15, -0.1) is 0 Å². The van der Waals surface area contributed by atoms with Crippen LogP contribution in [-0.4, -0.2) is 69.4 Å². The van der Waals surface area contributed by atoms with E-state index in [1.807, 2.05) is 13.8 Å². The van der Waals surface area contributed by atoms with E-state index in [-0.39, 0.29) is 53.2 Å². The third kappa shape index (κ3) is 4.49. The van der Waals surface area contributed by atoms with Crippen LogP contribution in [0.25, 0.3) is 0 Å². The molecule has 4 heterocycles. The average molecular weight is 634 g/mol. The van der Waals surface area contributed by atoms with Gasteiger partial charge in [0.1, 0.15) is 11.6 Å². The van der Waals surface area contributed by atoms with Crippen LogP contribution in [0, 0.1) is 52.3 Å². The molecule has 2 N–H and O–H groups in total. The van der Waals surface area contributed by atoms with Crippen molar-refractivity contribution in [2.24, 2.45) is 29.1 Å². The first-order valence-electron chi connectivity index (χ1n) is 16.4. The van der Waals surface area contributed by atoms with Crippen LogP contribution in [0.4, 0.5) is 5.69 Å². The molecule has 2 saturated heterocycles. The third-order valence-corrected chi connectivity index (χ3v) is 11.5. The van der Waals surface area contributed by atoms with E-state index in [1.54, 1.807) is 35.3 Å². The molecule has 1 aromatic carbocycles. The normalized spacial score (nSPS) is 30.9. The van der Waals surface area contributed by atoms with Crippen LogP contribution >= 0.6 is 0 Å². The van der Waals surface area contributed by atoms with E-state index in [1.165, 1.54) is 0 Å². The van der Waals surface area contributed by atoms with Crippen molar-refractivity contribution >= 4 is 35.2 Å². The zero-order chi connectivity index (χ0) is 32.8. The smallest absolute Gasteiger partial charge is 0.262 e. The van der Waals surface area contributed by atoms with Gasteiger partial charge in [-0.1, -0.05) is 11.8 Å². The van der Waals surface area contributed by atoms with Crippen molar-refractivity contribution in [1.29, 1.82) is 5.26 Å². The Bertz CT molecular complexity index is 1870. The van der Waals surface area contributed by atoms with E-state index >= 15 is 0 Å². The molecule has 0 radical (unpaired) electrons. The van der Waals surface area contributed by atoms with E-state index in [0.717, 1.165) is 36.3 Å². The van der Waals surface area contributed by atoms with E-state index in [4.69, 9.17) is 0 Å². The van der Waals surface area contributed by atoms with E-state index in [0.29, 0.717) is 30.5 Å². The van der Waals surface area contributed by atoms with Gasteiger partial charge in [-0.3, -0.25) is 38.9 Å². The van der Waals surface area contributed by atoms with Crippen molar-refractivity contribution in [2.45, 2.75) is 70.0 Å². The first-order chi connectivity index (χ1) is 22.5. The highest BCUT2D eigenvalue weighted by Gasteiger charge is 2.63. The lowest BCUT2D eigenvalue weighted by Gasteiger charge is -2.38. The minimum atomic E-state index is -0.995. The van der Waals surface area contributed by atoms with Gasteiger partial charge in [0.25, 0.3) is 11.8 Å². The molecule has 6 atom stereocenters. The fraction of sp³-hybridized carbons (Fsp3) is 0.514. The largest absolute Gasteiger partial charge is 0.369 e. The topological polar surface area (TPSA) is 158 Å². The second-order valence-electron chi connectivity index (χ2n) is 14.7. The molecule has 4 saturated carbocycles. The molecule has 6 unspecified atom stereocenters. The highest BCUT2D eigenvalue weighted by molar-refractivity contribution is 6.23. The summed E-state index contributed by atoms with van der Waals surface area (Å²) in [4.78, 5) is 66.6. The van der Waals surface area contributed by atoms with Gasteiger partial charge in [-0.05, 0) is 81.9 Å². The van der Waals surface area contributed by atoms with Crippen LogP contribution in [0.1, 0.15) is 78.7 Å². The number of piperidine rings is 1. The fourth-order valence-corrected chi connectivity index (χ4v) is 8.96. The number of rotatable bonds is 5. The van der Waals surface area contributed by atoms with Gasteiger partial charge in [0.05, 0.1) is 40.3 Å². The molecular formula is C35H35N7O5. The summed E-state index contributed by atoms with van der Waals surface area (Å²) in [6.07, 6.45) is 7.64. The molecule has 3 aliphatic heterocycles. The molecule has 6 fully saturated rings. The van der Waals surface area contributed by atoms with Crippen molar-refractivity contribution in [3.8, 4) is 17.9 Å². The van der Waals surface area contributed by atoms with E-state index in [9.17, 15) is 29.2 Å². The van der Waals surface area contributed by atoms with Gasteiger partial charge in [-0.25, -0.2) is 0 Å². The summed E-state index contributed by atoms with van der Waals surface area (Å²) >= 11 is 0. The van der Waals surface area contributed by atoms with Crippen LogP contribution in [0.5, 0.6) is 0 Å². The Kier molecular flexibility index (Phi) is 6.43. The van der Waals surface area contributed by atoms with Gasteiger partial charge < -0.3 is 10.2 Å². The highest BCUT2D eigenvalue weighted by atomic mass is 16.2. The standard InChI is InChI=1S/C35H35N7O5/c1-34(2,33(47)39-29-22-9-21-10-26(29)35(12-21,13-22)18-36)41-17-19(14-37-41)3-4-20-15-40(16-20)23-5-6-24-25(11-23)32(46)42(31(24)45)27-7-8-28(43)38-30(27)44/h5-6,11,14,17,20-22,26-27,29H,7-10,12-13,15-16H2,1-2H3,(H,39,47)(H,38,43,44). The predicted octanol–water partition coefficient (Wildman–Crippen LogP) is 1.95. The quantitative estimate of drug-likeness (QED) is 0.374. The Morgan fingerprint density at radius 3 is 2.66 bits per heavy atom. The summed E-state index contributed by atoms with van der Waals surface area (Å²) in [6, 6.07) is 6.76. The SMILES string of the molecule is CC(C)(C(=O)NC1C2CC3CC1C(C#N)(C3)C2)n1cc(C#CC2CN(c3ccc4c(c3)C(=O)N(C3CCC(=O)NC3=O)C4=O)C2)cn1. The maximum Gasteiger partial charge on any atom is 0.262 e. The average Bonchev–Trinajstić information content (AvgIpc) is 3.72. The minimum absolute atomic E-state index is 0.0464. The van der Waals surface area contributed by atoms with Crippen LogP contribution < -0.4 is 15.5 Å². The highest BCUT2D eigenvalue weighted by Crippen LogP contribution is 2.65. The number of nitrogens with zero attached hydrogens (tertiary/aromatic N) is 5. The van der Waals surface area contributed by atoms with Gasteiger partial charge in [0, 0.05) is 37.4 Å². The van der Waals surface area contributed by atoms with Gasteiger partial charge in [-0.2, -0.15) is 10.4 Å². The number of nitrogens with one attached hydrogen (secondary N) is 2. The zero-order valence-corrected chi connectivity index (χ0v) is 26.3. The van der Waals surface area contributed by atoms with Crippen molar-refractivity contribution in [3.63, 3.8) is 0 Å². The molecule has 12 nitrogen and oxygen atoms in total. The zero-order valence-electron chi connectivity index (χ0n) is 26.3. The van der Waals surface area contributed by atoms with Crippen LogP contribution in [0.15, 0.2) is 30.6 Å². The first kappa shape index (κ1) is 29.4. The molecule has 240 valence electrons. The number of hydrogen-bond donors (Lipinski definition) is 2. The molecule has 47 heavy (non-hydrogen) atoms. The molecular weight excluding hydrogens is 598 g/mol. The predicted molar refractivity (Wildman–Crippen MR) is 166 cm³/mol. The lowest BCUT2D eigenvalue weighted by atomic mass is 9.76. The summed E-state index contributed by atoms with van der Waals surface area (Å²) < 4.78 is 1.66. The number of fused-ring (bicyclic) bond motifs is 1. The molecule has 0 spiro atoms. The van der Waals surface area contributed by atoms with E-state index < -0.39 is 35.2 Å². The van der Waals surface area contributed by atoms with Gasteiger partial charge in [0.15, 0.2) is 0 Å². The van der Waals surface area contributed by atoms with Crippen molar-refractivity contribution in [2.75, 3.05) is 18.0 Å². The Morgan fingerprint density at radius 1 is 1.11 bits per heavy atom. The molecule has 9 rings (SSSR count). The maximum absolute atomic E-state index is 13.5.